The maximum atomic E-state index is 12.5. The van der Waals surface area contributed by atoms with Gasteiger partial charge in [-0.05, 0) is 35.9 Å². The molecule has 0 spiro atoms. The molecule has 0 unspecified atom stereocenters. The Kier molecular flexibility index (Phi) is 6.06. The summed E-state index contributed by atoms with van der Waals surface area (Å²) in [6.45, 7) is 2.33. The number of benzene rings is 1. The second kappa shape index (κ2) is 8.43. The van der Waals surface area contributed by atoms with Crippen molar-refractivity contribution in [2.45, 2.75) is 13.8 Å². The van der Waals surface area contributed by atoms with E-state index in [-0.39, 0.29) is 11.4 Å². The molecule has 9 nitrogen and oxygen atoms in total. The first-order chi connectivity index (χ1) is 12.4. The number of Topliss-reactive ketones (excluding diaryl/α,β-unsaturated/α-hetero) is 1. The van der Waals surface area contributed by atoms with Gasteiger partial charge in [0.1, 0.15) is 5.92 Å². The summed E-state index contributed by atoms with van der Waals surface area (Å²) in [5.74, 6) is -2.36. The lowest BCUT2D eigenvalue weighted by Gasteiger charge is -2.10. The summed E-state index contributed by atoms with van der Waals surface area (Å²) < 4.78 is 6.23. The molecule has 1 atom stereocenters. The van der Waals surface area contributed by atoms with Crippen LogP contribution >= 0.6 is 0 Å². The molecular formula is C17H16N6O3. The molecule has 1 N–H and O–H groups in total. The van der Waals surface area contributed by atoms with E-state index >= 15 is 0 Å². The quantitative estimate of drug-likeness (QED) is 0.450. The minimum absolute atomic E-state index is 0.0200. The van der Waals surface area contributed by atoms with E-state index in [1.807, 2.05) is 6.07 Å². The van der Waals surface area contributed by atoms with Crippen molar-refractivity contribution < 1.29 is 14.3 Å². The number of nitrogens with one attached hydrogen (secondary N) is 1. The van der Waals surface area contributed by atoms with Crippen LogP contribution in [0.2, 0.25) is 0 Å². The van der Waals surface area contributed by atoms with Crippen molar-refractivity contribution in [2.75, 3.05) is 6.61 Å². The molecule has 2 aromatic rings. The van der Waals surface area contributed by atoms with Crippen molar-refractivity contribution in [1.29, 1.82) is 10.7 Å². The van der Waals surface area contributed by atoms with Crippen LogP contribution in [0.15, 0.2) is 30.3 Å². The van der Waals surface area contributed by atoms with Gasteiger partial charge in [-0.25, -0.2) is 4.79 Å². The summed E-state index contributed by atoms with van der Waals surface area (Å²) in [7, 11) is 0. The lowest BCUT2D eigenvalue weighted by Crippen LogP contribution is -2.26. The molecule has 1 heterocycles. The van der Waals surface area contributed by atoms with Crippen LogP contribution in [0, 0.1) is 29.6 Å². The monoisotopic (exact) mass is 352 g/mol. The van der Waals surface area contributed by atoms with Crippen molar-refractivity contribution in [3.63, 3.8) is 0 Å². The van der Waals surface area contributed by atoms with Gasteiger partial charge in [-0.1, -0.05) is 30.3 Å². The van der Waals surface area contributed by atoms with E-state index in [1.54, 1.807) is 37.3 Å². The van der Waals surface area contributed by atoms with Crippen molar-refractivity contribution >= 4 is 29.2 Å². The Balaban J connectivity index is 2.24. The first kappa shape index (κ1) is 18.7. The van der Waals surface area contributed by atoms with Gasteiger partial charge in [0.25, 0.3) is 0 Å². The lowest BCUT2D eigenvalue weighted by molar-refractivity contribution is -0.142. The van der Waals surface area contributed by atoms with E-state index in [4.69, 9.17) is 15.4 Å². The van der Waals surface area contributed by atoms with Crippen LogP contribution in [0.5, 0.6) is 0 Å². The topological polar surface area (TPSA) is 135 Å². The number of carbonyl (C=O) groups excluding carboxylic acids is 2. The predicted octanol–water partition coefficient (Wildman–Crippen LogP) is 1.27. The summed E-state index contributed by atoms with van der Waals surface area (Å²) in [6, 6.07) is 10.7. The molecule has 0 aliphatic rings. The highest BCUT2D eigenvalue weighted by atomic mass is 16.5. The number of tetrazole rings is 1. The third-order valence-electron chi connectivity index (χ3n) is 3.40. The van der Waals surface area contributed by atoms with Crippen molar-refractivity contribution in [1.82, 2.24) is 20.2 Å². The van der Waals surface area contributed by atoms with E-state index in [1.165, 1.54) is 17.7 Å². The average Bonchev–Trinajstić information content (AvgIpc) is 3.04. The smallest absolute Gasteiger partial charge is 0.357 e. The highest BCUT2D eigenvalue weighted by molar-refractivity contribution is 6.16. The molecule has 26 heavy (non-hydrogen) atoms. The second-order valence-electron chi connectivity index (χ2n) is 5.37. The van der Waals surface area contributed by atoms with Gasteiger partial charge in [0, 0.05) is 5.71 Å². The van der Waals surface area contributed by atoms with Crippen LogP contribution in [0.3, 0.4) is 0 Å². The Bertz CT molecular complexity index is 895. The average molecular weight is 352 g/mol. The van der Waals surface area contributed by atoms with Gasteiger partial charge in [0.2, 0.25) is 0 Å². The van der Waals surface area contributed by atoms with Crippen molar-refractivity contribution in [3.8, 4) is 6.07 Å². The fourth-order valence-corrected chi connectivity index (χ4v) is 2.07. The molecular weight excluding hydrogens is 336 g/mol. The Hall–Kier alpha value is -3.67. The Morgan fingerprint density at radius 1 is 1.38 bits per heavy atom. The van der Waals surface area contributed by atoms with Crippen molar-refractivity contribution in [3.05, 3.63) is 41.7 Å². The molecule has 0 amide bonds. The molecule has 0 radical (unpaired) electrons. The molecule has 9 heteroatoms. The second-order valence-corrected chi connectivity index (χ2v) is 5.37. The molecule has 0 aliphatic heterocycles. The first-order valence-corrected chi connectivity index (χ1v) is 7.60. The van der Waals surface area contributed by atoms with Gasteiger partial charge in [-0.3, -0.25) is 4.79 Å². The number of ether oxygens (including phenoxy) is 1. The number of esters is 1. The molecule has 1 aromatic carbocycles. The maximum absolute atomic E-state index is 12.5. The van der Waals surface area contributed by atoms with E-state index in [9.17, 15) is 9.59 Å². The summed E-state index contributed by atoms with van der Waals surface area (Å²) >= 11 is 0. The number of aromatic nitrogens is 4. The number of hydrogen-bond donors (Lipinski definition) is 1. The largest absolute Gasteiger partial charge is 0.453 e. The van der Waals surface area contributed by atoms with Gasteiger partial charge in [0.05, 0.1) is 6.07 Å². The minimum Gasteiger partial charge on any atom is -0.453 e. The van der Waals surface area contributed by atoms with E-state index in [0.29, 0.717) is 11.4 Å². The fraction of sp³-hybridized carbons (Fsp3) is 0.235. The molecule has 1 aromatic heterocycles. The number of nitrogens with zero attached hydrogens (tertiary/aromatic N) is 5. The number of carbonyl (C=O) groups is 2. The summed E-state index contributed by atoms with van der Waals surface area (Å²) in [4.78, 5) is 24.4. The van der Waals surface area contributed by atoms with E-state index in [2.05, 4.69) is 15.5 Å². The van der Waals surface area contributed by atoms with Crippen LogP contribution in [-0.4, -0.2) is 44.3 Å². The normalized spacial score (nSPS) is 12.1. The zero-order valence-corrected chi connectivity index (χ0v) is 14.2. The highest BCUT2D eigenvalue weighted by Gasteiger charge is 2.24. The Labute approximate surface area is 149 Å². The standard InChI is InChI=1S/C17H16N6O3/c1-11(19)14(9-18)16(24)10-26-17(25)15(23-12(2)20-21-22-23)8-13-6-4-3-5-7-13/h3-8,14,19H,10H2,1-2H3/b15-8-,19-11?/t14-/m1/s1. The SMILES string of the molecule is CC(=N)[C@@H](C#N)C(=O)COC(=O)/C(=C/c1ccccc1)n1nnnc1C. The third kappa shape index (κ3) is 4.45. The number of rotatable bonds is 7. The van der Waals surface area contributed by atoms with Crippen LogP contribution in [0.4, 0.5) is 0 Å². The number of hydrogen-bond acceptors (Lipinski definition) is 8. The molecule has 0 bridgehead atoms. The minimum atomic E-state index is -1.24. The van der Waals surface area contributed by atoms with Crippen molar-refractivity contribution in [2.24, 2.45) is 5.92 Å². The number of aryl methyl sites for hydroxylation is 1. The predicted molar refractivity (Wildman–Crippen MR) is 91.6 cm³/mol. The van der Waals surface area contributed by atoms with Crippen LogP contribution in [0.25, 0.3) is 11.8 Å². The first-order valence-electron chi connectivity index (χ1n) is 7.60. The molecule has 0 fully saturated rings. The highest BCUT2D eigenvalue weighted by Crippen LogP contribution is 2.14. The fourth-order valence-electron chi connectivity index (χ4n) is 2.07. The molecule has 0 saturated heterocycles. The van der Waals surface area contributed by atoms with Crippen LogP contribution in [0.1, 0.15) is 18.3 Å². The summed E-state index contributed by atoms with van der Waals surface area (Å²) in [5, 5.41) is 27.3. The van der Waals surface area contributed by atoms with E-state index in [0.717, 1.165) is 0 Å². The van der Waals surface area contributed by atoms with Gasteiger partial charge in [-0.2, -0.15) is 9.94 Å². The van der Waals surface area contributed by atoms with Crippen LogP contribution in [-0.2, 0) is 14.3 Å². The van der Waals surface area contributed by atoms with Crippen LogP contribution < -0.4 is 0 Å². The molecule has 132 valence electrons. The third-order valence-corrected chi connectivity index (χ3v) is 3.40. The Morgan fingerprint density at radius 3 is 2.62 bits per heavy atom. The zero-order chi connectivity index (χ0) is 19.1. The summed E-state index contributed by atoms with van der Waals surface area (Å²) in [5.41, 5.74) is 0.627. The summed E-state index contributed by atoms with van der Waals surface area (Å²) in [6.07, 6.45) is 1.53. The molecule has 0 aliphatic carbocycles. The van der Waals surface area contributed by atoms with E-state index < -0.39 is 24.3 Å². The van der Waals surface area contributed by atoms with Gasteiger partial charge in [0.15, 0.2) is 23.9 Å². The molecule has 2 rings (SSSR count). The van der Waals surface area contributed by atoms with Gasteiger partial charge in [-0.15, -0.1) is 5.10 Å². The number of ketones is 1. The number of nitriles is 1. The van der Waals surface area contributed by atoms with Gasteiger partial charge >= 0.3 is 5.97 Å². The lowest BCUT2D eigenvalue weighted by atomic mass is 10.0. The maximum Gasteiger partial charge on any atom is 0.357 e. The van der Waals surface area contributed by atoms with Gasteiger partial charge < -0.3 is 10.1 Å². The molecule has 0 saturated carbocycles. The zero-order valence-electron chi connectivity index (χ0n) is 14.2. The Morgan fingerprint density at radius 2 is 2.08 bits per heavy atom.